The highest BCUT2D eigenvalue weighted by Gasteiger charge is 2.51. The molecule has 2 amide bonds. The summed E-state index contributed by atoms with van der Waals surface area (Å²) < 4.78 is 43.7. The third-order valence-corrected chi connectivity index (χ3v) is 6.41. The van der Waals surface area contributed by atoms with Crippen LogP contribution in [0.4, 0.5) is 9.18 Å². The number of amides is 2. The van der Waals surface area contributed by atoms with Gasteiger partial charge in [-0.1, -0.05) is 11.6 Å². The largest absolute Gasteiger partial charge is 0.410 e. The molecule has 31 heavy (non-hydrogen) atoms. The van der Waals surface area contributed by atoms with Crippen molar-refractivity contribution in [3.05, 3.63) is 34.6 Å². The van der Waals surface area contributed by atoms with Crippen LogP contribution < -0.4 is 10.0 Å². The van der Waals surface area contributed by atoms with Crippen molar-refractivity contribution >= 4 is 33.6 Å². The summed E-state index contributed by atoms with van der Waals surface area (Å²) in [6.45, 7) is 0.124. The Bertz CT molecular complexity index is 934. The molecule has 2 aliphatic rings. The Morgan fingerprint density at radius 3 is 2.61 bits per heavy atom. The van der Waals surface area contributed by atoms with Crippen molar-refractivity contribution in [2.45, 2.75) is 56.5 Å². The summed E-state index contributed by atoms with van der Waals surface area (Å²) in [5.74, 6) is -3.53. The topological polar surface area (TPSA) is 125 Å². The van der Waals surface area contributed by atoms with Gasteiger partial charge in [0.2, 0.25) is 10.0 Å². The van der Waals surface area contributed by atoms with Gasteiger partial charge in [-0.15, -0.1) is 0 Å². The maximum absolute atomic E-state index is 13.4. The Morgan fingerprint density at radius 1 is 1.32 bits per heavy atom. The number of sulfonamides is 1. The second kappa shape index (κ2) is 9.27. The number of alkyl carbamates (subject to hydrolysis) is 1. The average Bonchev–Trinajstić information content (AvgIpc) is 2.93. The van der Waals surface area contributed by atoms with E-state index in [1.165, 1.54) is 17.0 Å². The Morgan fingerprint density at radius 2 is 2.00 bits per heavy atom. The highest BCUT2D eigenvalue weighted by Crippen LogP contribution is 2.32. The van der Waals surface area contributed by atoms with E-state index in [9.17, 15) is 27.5 Å². The van der Waals surface area contributed by atoms with E-state index in [4.69, 9.17) is 16.3 Å². The van der Waals surface area contributed by atoms with Crippen molar-refractivity contribution in [1.82, 2.24) is 14.9 Å². The zero-order valence-electron chi connectivity index (χ0n) is 16.9. The van der Waals surface area contributed by atoms with Crippen LogP contribution >= 0.6 is 11.6 Å². The first-order valence-electron chi connectivity index (χ1n) is 9.88. The van der Waals surface area contributed by atoms with Gasteiger partial charge in [-0.3, -0.25) is 4.79 Å². The van der Waals surface area contributed by atoms with E-state index >= 15 is 0 Å². The zero-order chi connectivity index (χ0) is 22.8. The van der Waals surface area contributed by atoms with E-state index in [1.54, 1.807) is 0 Å². The van der Waals surface area contributed by atoms with Gasteiger partial charge in [-0.05, 0) is 49.4 Å². The average molecular weight is 478 g/mol. The zero-order valence-corrected chi connectivity index (χ0v) is 18.5. The highest BCUT2D eigenvalue weighted by atomic mass is 35.5. The maximum atomic E-state index is 13.4. The van der Waals surface area contributed by atoms with Crippen LogP contribution in [0.25, 0.3) is 0 Å². The van der Waals surface area contributed by atoms with Gasteiger partial charge in [0.05, 0.1) is 6.26 Å². The summed E-state index contributed by atoms with van der Waals surface area (Å²) >= 11 is 5.77. The number of hydrogen-bond acceptors (Lipinski definition) is 6. The van der Waals surface area contributed by atoms with Gasteiger partial charge < -0.3 is 20.1 Å². The number of halogens is 2. The SMILES string of the molecule is CS(=O)(=O)NC1CCC(N2CCC(O)(OC(=O)NCc3cc(F)cc(Cl)c3)C2=O)CC1. The molecule has 172 valence electrons. The number of nitrogens with one attached hydrogen (secondary N) is 2. The molecule has 2 fully saturated rings. The van der Waals surface area contributed by atoms with Gasteiger partial charge in [0.15, 0.2) is 0 Å². The normalized spacial score (nSPS) is 26.7. The van der Waals surface area contributed by atoms with E-state index in [-0.39, 0.29) is 36.6 Å². The molecule has 0 radical (unpaired) electrons. The number of likely N-dealkylation sites (tertiary alicyclic amines) is 1. The standard InChI is InChI=1S/C19H25ClFN3O6S/c1-31(28,29)23-15-2-4-16(5-3-15)24-7-6-19(27,17(24)25)30-18(26)22-11-12-8-13(20)10-14(21)9-12/h8-10,15-16,23,27H,2-7,11H2,1H3,(H,22,26). The van der Waals surface area contributed by atoms with Gasteiger partial charge >= 0.3 is 6.09 Å². The van der Waals surface area contributed by atoms with Crippen LogP contribution in [0.1, 0.15) is 37.7 Å². The second-order valence-corrected chi connectivity index (χ2v) is 10.2. The van der Waals surface area contributed by atoms with E-state index in [2.05, 4.69) is 10.0 Å². The van der Waals surface area contributed by atoms with Crippen LogP contribution in [0, 0.1) is 5.82 Å². The molecule has 3 N–H and O–H groups in total. The lowest BCUT2D eigenvalue weighted by atomic mass is 9.91. The van der Waals surface area contributed by atoms with Gasteiger partial charge in [0.1, 0.15) is 5.82 Å². The van der Waals surface area contributed by atoms with Crippen molar-refractivity contribution < 1.29 is 32.2 Å². The van der Waals surface area contributed by atoms with Gasteiger partial charge in [0, 0.05) is 36.6 Å². The first-order valence-corrected chi connectivity index (χ1v) is 12.1. The lowest BCUT2D eigenvalue weighted by molar-refractivity contribution is -0.183. The first-order chi connectivity index (χ1) is 14.4. The fourth-order valence-corrected chi connectivity index (χ4v) is 5.12. The molecule has 3 rings (SSSR count). The quantitative estimate of drug-likeness (QED) is 0.533. The molecule has 0 spiro atoms. The molecule has 9 nitrogen and oxygen atoms in total. The molecule has 1 atom stereocenters. The molecule has 1 aliphatic carbocycles. The Hall–Kier alpha value is -1.95. The van der Waals surface area contributed by atoms with Crippen molar-refractivity contribution in [1.29, 1.82) is 0 Å². The van der Waals surface area contributed by atoms with Crippen LogP contribution in [0.2, 0.25) is 5.02 Å². The summed E-state index contributed by atoms with van der Waals surface area (Å²) in [5, 5.41) is 13.1. The summed E-state index contributed by atoms with van der Waals surface area (Å²) in [4.78, 5) is 26.3. The number of aliphatic hydroxyl groups is 1. The van der Waals surface area contributed by atoms with E-state index in [0.717, 1.165) is 12.3 Å². The van der Waals surface area contributed by atoms with Crippen molar-refractivity contribution in [3.8, 4) is 0 Å². The van der Waals surface area contributed by atoms with Crippen molar-refractivity contribution in [2.75, 3.05) is 12.8 Å². The fourth-order valence-electron chi connectivity index (χ4n) is 4.03. The molecule has 0 bridgehead atoms. The molecule has 12 heteroatoms. The molecule has 0 aromatic heterocycles. The molecule has 1 saturated carbocycles. The molecular formula is C19H25ClFN3O6S. The van der Waals surface area contributed by atoms with Crippen LogP contribution in [0.5, 0.6) is 0 Å². The monoisotopic (exact) mass is 477 g/mol. The minimum absolute atomic E-state index is 0.0768. The molecule has 1 aliphatic heterocycles. The number of ether oxygens (including phenoxy) is 1. The molecule has 1 heterocycles. The van der Waals surface area contributed by atoms with Crippen molar-refractivity contribution in [2.24, 2.45) is 0 Å². The first kappa shape index (κ1) is 23.7. The number of nitrogens with zero attached hydrogens (tertiary/aromatic N) is 1. The number of carbonyl (C=O) groups excluding carboxylic acids is 2. The van der Waals surface area contributed by atoms with E-state index in [0.29, 0.717) is 31.2 Å². The van der Waals surface area contributed by atoms with Crippen LogP contribution in [-0.4, -0.2) is 61.1 Å². The predicted molar refractivity (Wildman–Crippen MR) is 110 cm³/mol. The van der Waals surface area contributed by atoms with Gasteiger partial charge in [-0.2, -0.15) is 0 Å². The Labute approximate surface area is 184 Å². The molecule has 1 aromatic rings. The summed E-state index contributed by atoms with van der Waals surface area (Å²) in [5.41, 5.74) is 0.396. The van der Waals surface area contributed by atoms with Gasteiger partial charge in [0.25, 0.3) is 11.7 Å². The second-order valence-electron chi connectivity index (χ2n) is 7.95. The molecule has 1 saturated heterocycles. The number of benzene rings is 1. The van der Waals surface area contributed by atoms with Crippen LogP contribution in [0.15, 0.2) is 18.2 Å². The predicted octanol–water partition coefficient (Wildman–Crippen LogP) is 1.49. The van der Waals surface area contributed by atoms with E-state index < -0.39 is 33.6 Å². The number of rotatable bonds is 6. The third-order valence-electron chi connectivity index (χ3n) is 5.43. The molecule has 1 aromatic carbocycles. The van der Waals surface area contributed by atoms with Gasteiger partial charge in [-0.25, -0.2) is 22.3 Å². The summed E-state index contributed by atoms with van der Waals surface area (Å²) in [6.07, 6.45) is 2.29. The Balaban J connectivity index is 1.51. The fraction of sp³-hybridized carbons (Fsp3) is 0.579. The van der Waals surface area contributed by atoms with E-state index in [1.807, 2.05) is 0 Å². The lowest BCUT2D eigenvalue weighted by Gasteiger charge is -2.35. The van der Waals surface area contributed by atoms with Crippen LogP contribution in [0.3, 0.4) is 0 Å². The molecule has 1 unspecified atom stereocenters. The third kappa shape index (κ3) is 6.28. The van der Waals surface area contributed by atoms with Crippen molar-refractivity contribution in [3.63, 3.8) is 0 Å². The Kier molecular flexibility index (Phi) is 7.09. The number of hydrogen-bond donors (Lipinski definition) is 3. The maximum Gasteiger partial charge on any atom is 0.410 e. The van der Waals surface area contributed by atoms with Crippen LogP contribution in [-0.2, 0) is 26.1 Å². The summed E-state index contributed by atoms with van der Waals surface area (Å²) in [6, 6.07) is 3.44. The minimum Gasteiger partial charge on any atom is -0.407 e. The minimum atomic E-state index is -3.30. The molecular weight excluding hydrogens is 453 g/mol. The lowest BCUT2D eigenvalue weighted by Crippen LogP contribution is -2.50. The smallest absolute Gasteiger partial charge is 0.407 e. The summed E-state index contributed by atoms with van der Waals surface area (Å²) in [7, 11) is -3.30. The number of carbonyl (C=O) groups is 2. The highest BCUT2D eigenvalue weighted by molar-refractivity contribution is 7.88.